The second-order valence-corrected chi connectivity index (χ2v) is 4.65. The molecule has 1 fully saturated rings. The van der Waals surface area contributed by atoms with Crippen LogP contribution in [-0.2, 0) is 10.2 Å². The predicted molar refractivity (Wildman–Crippen MR) is 59.6 cm³/mol. The molecule has 6 heteroatoms. The predicted octanol–water partition coefficient (Wildman–Crippen LogP) is 2.25. The third-order valence-corrected chi connectivity index (χ3v) is 3.25. The Bertz CT molecular complexity index is 516. The number of benzene rings is 1. The highest BCUT2D eigenvalue weighted by Gasteiger charge is 2.78. The van der Waals surface area contributed by atoms with Crippen molar-refractivity contribution in [1.82, 2.24) is 0 Å². The van der Waals surface area contributed by atoms with Crippen molar-refractivity contribution in [3.05, 3.63) is 29.6 Å². The van der Waals surface area contributed by atoms with Gasteiger partial charge in [0.25, 0.3) is 5.92 Å². The molecule has 1 aliphatic carbocycles. The SMILES string of the molecule is CN(C)c1cc(F)ccc1C1(C(=O)O)CC1(F)F. The molecule has 0 saturated heterocycles. The van der Waals surface area contributed by atoms with E-state index in [2.05, 4.69) is 0 Å². The normalized spacial score (nSPS) is 24.7. The molecule has 3 nitrogen and oxygen atoms in total. The average molecular weight is 259 g/mol. The number of carbonyl (C=O) groups is 1. The zero-order valence-electron chi connectivity index (χ0n) is 9.88. The lowest BCUT2D eigenvalue weighted by atomic mass is 9.93. The summed E-state index contributed by atoms with van der Waals surface area (Å²) in [4.78, 5) is 12.6. The molecule has 2 rings (SSSR count). The fourth-order valence-electron chi connectivity index (χ4n) is 2.16. The zero-order valence-corrected chi connectivity index (χ0v) is 9.88. The van der Waals surface area contributed by atoms with Crippen LogP contribution in [-0.4, -0.2) is 31.1 Å². The molecule has 0 bridgehead atoms. The van der Waals surface area contributed by atoms with E-state index in [1.54, 1.807) is 14.1 Å². The van der Waals surface area contributed by atoms with Gasteiger partial charge in [-0.25, -0.2) is 13.2 Å². The number of carboxylic acids is 1. The fraction of sp³-hybridized carbons (Fsp3) is 0.417. The molecule has 98 valence electrons. The van der Waals surface area contributed by atoms with Crippen molar-refractivity contribution in [2.45, 2.75) is 17.8 Å². The van der Waals surface area contributed by atoms with Crippen molar-refractivity contribution in [3.63, 3.8) is 0 Å². The molecular formula is C12H12F3NO2. The molecule has 18 heavy (non-hydrogen) atoms. The highest BCUT2D eigenvalue weighted by atomic mass is 19.3. The van der Waals surface area contributed by atoms with Gasteiger partial charge in [0.2, 0.25) is 0 Å². The van der Waals surface area contributed by atoms with Crippen LogP contribution in [0.15, 0.2) is 18.2 Å². The summed E-state index contributed by atoms with van der Waals surface area (Å²) in [5.41, 5.74) is -2.11. The van der Waals surface area contributed by atoms with Crippen LogP contribution in [0.5, 0.6) is 0 Å². The van der Waals surface area contributed by atoms with E-state index in [-0.39, 0.29) is 11.3 Å². The van der Waals surface area contributed by atoms with Gasteiger partial charge >= 0.3 is 5.97 Å². The highest BCUT2D eigenvalue weighted by Crippen LogP contribution is 2.63. The zero-order chi connectivity index (χ0) is 13.7. The number of rotatable bonds is 3. The number of hydrogen-bond donors (Lipinski definition) is 1. The minimum Gasteiger partial charge on any atom is -0.480 e. The summed E-state index contributed by atoms with van der Waals surface area (Å²) in [5.74, 6) is -5.46. The molecule has 0 spiro atoms. The van der Waals surface area contributed by atoms with Gasteiger partial charge in [-0.2, -0.15) is 0 Å². The molecule has 0 heterocycles. The number of anilines is 1. The lowest BCUT2D eigenvalue weighted by Gasteiger charge is -2.21. The maximum Gasteiger partial charge on any atom is 0.320 e. The number of nitrogens with zero attached hydrogens (tertiary/aromatic N) is 1. The third kappa shape index (κ3) is 1.55. The molecule has 0 aromatic heterocycles. The van der Waals surface area contributed by atoms with Crippen molar-refractivity contribution in [1.29, 1.82) is 0 Å². The van der Waals surface area contributed by atoms with Crippen molar-refractivity contribution < 1.29 is 23.1 Å². The molecular weight excluding hydrogens is 247 g/mol. The summed E-state index contributed by atoms with van der Waals surface area (Å²) >= 11 is 0. The average Bonchev–Trinajstić information content (AvgIpc) is 2.83. The summed E-state index contributed by atoms with van der Waals surface area (Å²) in [6.45, 7) is 0. The van der Waals surface area contributed by atoms with Gasteiger partial charge in [0.15, 0.2) is 5.41 Å². The molecule has 0 radical (unpaired) electrons. The number of alkyl halides is 2. The molecule has 1 saturated carbocycles. The van der Waals surface area contributed by atoms with Crippen molar-refractivity contribution in [2.24, 2.45) is 0 Å². The summed E-state index contributed by atoms with van der Waals surface area (Å²) in [5, 5.41) is 9.08. The number of aliphatic carboxylic acids is 1. The van der Waals surface area contributed by atoms with Crippen LogP contribution in [0.2, 0.25) is 0 Å². The number of hydrogen-bond acceptors (Lipinski definition) is 2. The second kappa shape index (κ2) is 3.63. The van der Waals surface area contributed by atoms with Gasteiger partial charge in [-0.3, -0.25) is 4.79 Å². The third-order valence-electron chi connectivity index (χ3n) is 3.25. The lowest BCUT2D eigenvalue weighted by Crippen LogP contribution is -2.29. The highest BCUT2D eigenvalue weighted by molar-refractivity contribution is 5.90. The Morgan fingerprint density at radius 3 is 2.33 bits per heavy atom. The lowest BCUT2D eigenvalue weighted by molar-refractivity contribution is -0.142. The molecule has 0 amide bonds. The first-order valence-electron chi connectivity index (χ1n) is 5.31. The van der Waals surface area contributed by atoms with E-state index in [0.29, 0.717) is 0 Å². The Kier molecular flexibility index (Phi) is 2.57. The Hall–Kier alpha value is -1.72. The molecule has 1 unspecified atom stereocenters. The van der Waals surface area contributed by atoms with E-state index in [1.807, 2.05) is 0 Å². The minimum absolute atomic E-state index is 0.0496. The summed E-state index contributed by atoms with van der Waals surface area (Å²) in [6, 6.07) is 3.19. The van der Waals surface area contributed by atoms with Crippen LogP contribution in [0.25, 0.3) is 0 Å². The standard InChI is InChI=1S/C12H12F3NO2/c1-16(2)9-5-7(13)3-4-8(9)11(10(17)18)6-12(11,14)15/h3-5H,6H2,1-2H3,(H,17,18). The van der Waals surface area contributed by atoms with E-state index >= 15 is 0 Å². The minimum atomic E-state index is -3.29. The summed E-state index contributed by atoms with van der Waals surface area (Å²) < 4.78 is 40.0. The van der Waals surface area contributed by atoms with E-state index in [9.17, 15) is 18.0 Å². The van der Waals surface area contributed by atoms with Gasteiger partial charge in [-0.15, -0.1) is 0 Å². The molecule has 1 N–H and O–H groups in total. The topological polar surface area (TPSA) is 40.5 Å². The van der Waals surface area contributed by atoms with Gasteiger partial charge in [-0.05, 0) is 17.7 Å². The molecule has 1 atom stereocenters. The van der Waals surface area contributed by atoms with Gasteiger partial charge in [0.05, 0.1) is 0 Å². The van der Waals surface area contributed by atoms with Crippen molar-refractivity contribution >= 4 is 11.7 Å². The first kappa shape index (κ1) is 12.7. The first-order valence-corrected chi connectivity index (χ1v) is 5.31. The number of carboxylic acid groups (broad SMARTS) is 1. The van der Waals surface area contributed by atoms with Crippen LogP contribution in [0.1, 0.15) is 12.0 Å². The van der Waals surface area contributed by atoms with Crippen LogP contribution in [0.3, 0.4) is 0 Å². The van der Waals surface area contributed by atoms with Gasteiger partial charge < -0.3 is 10.0 Å². The Labute approximate surface area is 102 Å². The fourth-order valence-corrected chi connectivity index (χ4v) is 2.16. The van der Waals surface area contributed by atoms with E-state index in [0.717, 1.165) is 18.2 Å². The second-order valence-electron chi connectivity index (χ2n) is 4.65. The Morgan fingerprint density at radius 1 is 1.39 bits per heavy atom. The molecule has 0 aliphatic heterocycles. The van der Waals surface area contributed by atoms with Crippen LogP contribution in [0.4, 0.5) is 18.9 Å². The van der Waals surface area contributed by atoms with E-state index in [1.165, 1.54) is 4.90 Å². The Balaban J connectivity index is 2.61. The summed E-state index contributed by atoms with van der Waals surface area (Å²) in [6.07, 6.45) is -0.748. The number of halogens is 3. The van der Waals surface area contributed by atoms with Crippen LogP contribution in [0, 0.1) is 5.82 Å². The van der Waals surface area contributed by atoms with E-state index < -0.39 is 29.5 Å². The molecule has 1 aromatic rings. The summed E-state index contributed by atoms with van der Waals surface area (Å²) in [7, 11) is 3.10. The van der Waals surface area contributed by atoms with Crippen LogP contribution < -0.4 is 4.90 Å². The Morgan fingerprint density at radius 2 is 1.94 bits per heavy atom. The van der Waals surface area contributed by atoms with Gasteiger partial charge in [0.1, 0.15) is 5.82 Å². The monoisotopic (exact) mass is 259 g/mol. The van der Waals surface area contributed by atoms with Crippen molar-refractivity contribution in [3.8, 4) is 0 Å². The molecule has 1 aliphatic rings. The maximum absolute atomic E-state index is 13.4. The quantitative estimate of drug-likeness (QED) is 0.905. The van der Waals surface area contributed by atoms with Gasteiger partial charge in [-0.1, -0.05) is 6.07 Å². The van der Waals surface area contributed by atoms with Gasteiger partial charge in [0, 0.05) is 26.2 Å². The van der Waals surface area contributed by atoms with Crippen molar-refractivity contribution in [2.75, 3.05) is 19.0 Å². The largest absolute Gasteiger partial charge is 0.480 e. The maximum atomic E-state index is 13.4. The first-order chi connectivity index (χ1) is 8.22. The smallest absolute Gasteiger partial charge is 0.320 e. The van der Waals surface area contributed by atoms with Crippen LogP contribution >= 0.6 is 0 Å². The molecule has 1 aromatic carbocycles. The van der Waals surface area contributed by atoms with E-state index in [4.69, 9.17) is 5.11 Å².